The van der Waals surface area contributed by atoms with Crippen molar-refractivity contribution in [3.8, 4) is 0 Å². The molecule has 2 N–H and O–H groups in total. The summed E-state index contributed by atoms with van der Waals surface area (Å²) in [5.74, 6) is 0.0707. The monoisotopic (exact) mass is 255 g/mol. The Kier molecular flexibility index (Phi) is 5.38. The Labute approximate surface area is 108 Å². The molecule has 0 spiro atoms. The van der Waals surface area contributed by atoms with Gasteiger partial charge in [-0.05, 0) is 30.9 Å². The van der Waals surface area contributed by atoms with Crippen LogP contribution in [0.2, 0.25) is 0 Å². The summed E-state index contributed by atoms with van der Waals surface area (Å²) in [6.45, 7) is 1.72. The van der Waals surface area contributed by atoms with E-state index in [1.807, 2.05) is 17.0 Å². The zero-order chi connectivity index (χ0) is 11.4. The molecule has 5 heteroatoms. The van der Waals surface area contributed by atoms with Gasteiger partial charge in [-0.3, -0.25) is 9.78 Å². The number of likely N-dealkylation sites (tertiary alicyclic amines) is 1. The lowest BCUT2D eigenvalue weighted by Gasteiger charge is -2.20. The molecule has 0 bridgehead atoms. The Balaban J connectivity index is 0.00000144. The van der Waals surface area contributed by atoms with Crippen LogP contribution in [0.15, 0.2) is 24.5 Å². The second-order valence-electron chi connectivity index (χ2n) is 4.20. The van der Waals surface area contributed by atoms with Gasteiger partial charge < -0.3 is 10.6 Å². The molecule has 1 amide bonds. The fraction of sp³-hybridized carbons (Fsp3) is 0.500. The lowest BCUT2D eigenvalue weighted by molar-refractivity contribution is -0.131. The third-order valence-electron chi connectivity index (χ3n) is 2.91. The van der Waals surface area contributed by atoms with Gasteiger partial charge in [0.25, 0.3) is 0 Å². The third kappa shape index (κ3) is 3.68. The second kappa shape index (κ2) is 6.57. The number of pyridine rings is 1. The molecule has 17 heavy (non-hydrogen) atoms. The van der Waals surface area contributed by atoms with E-state index in [2.05, 4.69) is 4.98 Å². The molecule has 1 aromatic rings. The van der Waals surface area contributed by atoms with Crippen LogP contribution in [0.3, 0.4) is 0 Å². The zero-order valence-electron chi connectivity index (χ0n) is 9.71. The van der Waals surface area contributed by atoms with Crippen molar-refractivity contribution in [1.82, 2.24) is 9.88 Å². The Morgan fingerprint density at radius 2 is 2.18 bits per heavy atom. The van der Waals surface area contributed by atoms with Crippen LogP contribution in [-0.4, -0.2) is 34.9 Å². The van der Waals surface area contributed by atoms with Gasteiger partial charge in [0, 0.05) is 25.5 Å². The van der Waals surface area contributed by atoms with Crippen molar-refractivity contribution in [3.05, 3.63) is 30.1 Å². The molecule has 1 fully saturated rings. The zero-order valence-corrected chi connectivity index (χ0v) is 10.5. The standard InChI is InChI=1S/C12H17N3O.ClH/c13-11(8-10-4-3-5-14-9-10)12(16)15-6-1-2-7-15;/h3-5,9,11H,1-2,6-8,13H2;1H/t11-;/m0./s1. The fourth-order valence-electron chi connectivity index (χ4n) is 2.03. The minimum atomic E-state index is -0.428. The number of carbonyl (C=O) groups is 1. The molecule has 94 valence electrons. The van der Waals surface area contributed by atoms with Gasteiger partial charge >= 0.3 is 0 Å². The predicted octanol–water partition coefficient (Wildman–Crippen LogP) is 0.996. The molecule has 1 aliphatic rings. The first-order valence-corrected chi connectivity index (χ1v) is 5.70. The third-order valence-corrected chi connectivity index (χ3v) is 2.91. The maximum absolute atomic E-state index is 11.9. The van der Waals surface area contributed by atoms with Crippen molar-refractivity contribution in [3.63, 3.8) is 0 Å². The molecule has 0 aliphatic carbocycles. The lowest BCUT2D eigenvalue weighted by Crippen LogP contribution is -2.43. The van der Waals surface area contributed by atoms with E-state index in [-0.39, 0.29) is 18.3 Å². The number of rotatable bonds is 3. The summed E-state index contributed by atoms with van der Waals surface area (Å²) in [5.41, 5.74) is 6.93. The number of amides is 1. The maximum atomic E-state index is 11.9. The molecule has 0 radical (unpaired) electrons. The van der Waals surface area contributed by atoms with Crippen molar-refractivity contribution >= 4 is 18.3 Å². The summed E-state index contributed by atoms with van der Waals surface area (Å²) in [4.78, 5) is 17.8. The van der Waals surface area contributed by atoms with Crippen LogP contribution < -0.4 is 5.73 Å². The van der Waals surface area contributed by atoms with E-state index < -0.39 is 6.04 Å². The quantitative estimate of drug-likeness (QED) is 0.877. The van der Waals surface area contributed by atoms with Crippen molar-refractivity contribution in [2.24, 2.45) is 5.73 Å². The summed E-state index contributed by atoms with van der Waals surface area (Å²) < 4.78 is 0. The molecule has 4 nitrogen and oxygen atoms in total. The van der Waals surface area contributed by atoms with E-state index in [0.29, 0.717) is 6.42 Å². The highest BCUT2D eigenvalue weighted by atomic mass is 35.5. The number of aromatic nitrogens is 1. The number of nitrogens with zero attached hydrogens (tertiary/aromatic N) is 2. The molecule has 0 aromatic carbocycles. The second-order valence-corrected chi connectivity index (χ2v) is 4.20. The minimum Gasteiger partial charge on any atom is -0.341 e. The average molecular weight is 256 g/mol. The molecule has 0 saturated carbocycles. The van der Waals surface area contributed by atoms with Gasteiger partial charge in [0.2, 0.25) is 5.91 Å². The van der Waals surface area contributed by atoms with Gasteiger partial charge in [-0.25, -0.2) is 0 Å². The summed E-state index contributed by atoms with van der Waals surface area (Å²) in [6.07, 6.45) is 6.26. The van der Waals surface area contributed by atoms with E-state index >= 15 is 0 Å². The van der Waals surface area contributed by atoms with Crippen LogP contribution in [0, 0.1) is 0 Å². The van der Waals surface area contributed by atoms with E-state index in [1.54, 1.807) is 12.4 Å². The van der Waals surface area contributed by atoms with Crippen LogP contribution in [0.5, 0.6) is 0 Å². The van der Waals surface area contributed by atoms with Crippen LogP contribution >= 0.6 is 12.4 Å². The highest BCUT2D eigenvalue weighted by Gasteiger charge is 2.23. The van der Waals surface area contributed by atoms with Crippen molar-refractivity contribution in [2.45, 2.75) is 25.3 Å². The van der Waals surface area contributed by atoms with Gasteiger partial charge in [0.05, 0.1) is 6.04 Å². The molecule has 1 saturated heterocycles. The first-order valence-electron chi connectivity index (χ1n) is 5.70. The average Bonchev–Trinajstić information content (AvgIpc) is 2.83. The highest BCUT2D eigenvalue weighted by Crippen LogP contribution is 2.10. The van der Waals surface area contributed by atoms with E-state index in [0.717, 1.165) is 31.5 Å². The SMILES string of the molecule is Cl.N[C@@H](Cc1cccnc1)C(=O)N1CCCC1. The molecular weight excluding hydrogens is 238 g/mol. The van der Waals surface area contributed by atoms with E-state index in [4.69, 9.17) is 5.73 Å². The van der Waals surface area contributed by atoms with Crippen LogP contribution in [0.25, 0.3) is 0 Å². The van der Waals surface area contributed by atoms with E-state index in [9.17, 15) is 4.79 Å². The summed E-state index contributed by atoms with van der Waals surface area (Å²) in [6, 6.07) is 3.38. The van der Waals surface area contributed by atoms with Gasteiger partial charge in [0.1, 0.15) is 0 Å². The molecule has 1 atom stereocenters. The van der Waals surface area contributed by atoms with Crippen molar-refractivity contribution in [2.75, 3.05) is 13.1 Å². The predicted molar refractivity (Wildman–Crippen MR) is 69.0 cm³/mol. The smallest absolute Gasteiger partial charge is 0.239 e. The van der Waals surface area contributed by atoms with Crippen LogP contribution in [-0.2, 0) is 11.2 Å². The Bertz CT molecular complexity index is 352. The maximum Gasteiger partial charge on any atom is 0.239 e. The van der Waals surface area contributed by atoms with Gasteiger partial charge in [-0.1, -0.05) is 6.07 Å². The van der Waals surface area contributed by atoms with Crippen molar-refractivity contribution in [1.29, 1.82) is 0 Å². The number of carbonyl (C=O) groups excluding carboxylic acids is 1. The first kappa shape index (κ1) is 13.9. The first-order chi connectivity index (χ1) is 7.77. The van der Waals surface area contributed by atoms with Crippen LogP contribution in [0.4, 0.5) is 0 Å². The van der Waals surface area contributed by atoms with E-state index in [1.165, 1.54) is 0 Å². The summed E-state index contributed by atoms with van der Waals surface area (Å²) in [5, 5.41) is 0. The molecule has 1 aliphatic heterocycles. The molecule has 0 unspecified atom stereocenters. The van der Waals surface area contributed by atoms with Gasteiger partial charge in [-0.15, -0.1) is 12.4 Å². The van der Waals surface area contributed by atoms with Gasteiger partial charge in [0.15, 0.2) is 0 Å². The number of nitrogens with two attached hydrogens (primary N) is 1. The van der Waals surface area contributed by atoms with Gasteiger partial charge in [-0.2, -0.15) is 0 Å². The normalized spacial score (nSPS) is 16.4. The molecular formula is C12H18ClN3O. The fourth-order valence-corrected chi connectivity index (χ4v) is 2.03. The molecule has 1 aromatic heterocycles. The van der Waals surface area contributed by atoms with Crippen molar-refractivity contribution < 1.29 is 4.79 Å². The van der Waals surface area contributed by atoms with Crippen LogP contribution in [0.1, 0.15) is 18.4 Å². The molecule has 2 rings (SSSR count). The Morgan fingerprint density at radius 1 is 1.47 bits per heavy atom. The highest BCUT2D eigenvalue weighted by molar-refractivity contribution is 5.85. The summed E-state index contributed by atoms with van der Waals surface area (Å²) >= 11 is 0. The Morgan fingerprint density at radius 3 is 2.76 bits per heavy atom. The number of halogens is 1. The lowest BCUT2D eigenvalue weighted by atomic mass is 10.1. The number of hydrogen-bond acceptors (Lipinski definition) is 3. The Hall–Kier alpha value is -1.13. The topological polar surface area (TPSA) is 59.2 Å². The number of hydrogen-bond donors (Lipinski definition) is 1. The largest absolute Gasteiger partial charge is 0.341 e. The molecule has 2 heterocycles. The minimum absolute atomic E-state index is 0. The summed E-state index contributed by atoms with van der Waals surface area (Å²) in [7, 11) is 0.